The molecule has 0 atom stereocenters. The van der Waals surface area contributed by atoms with Crippen LogP contribution in [-0.2, 0) is 18.4 Å². The molecular formula is C11H15N5O. The summed E-state index contributed by atoms with van der Waals surface area (Å²) < 4.78 is 1.74. The third-order valence-corrected chi connectivity index (χ3v) is 3.25. The molecule has 0 bridgehead atoms. The number of aryl methyl sites for hydroxylation is 1. The van der Waals surface area contributed by atoms with Gasteiger partial charge in [-0.25, -0.2) is 0 Å². The number of aromatic nitrogens is 3. The van der Waals surface area contributed by atoms with E-state index in [-0.39, 0.29) is 5.91 Å². The number of hydrogen-bond donors (Lipinski definition) is 1. The summed E-state index contributed by atoms with van der Waals surface area (Å²) in [6.45, 7) is 2.36. The molecule has 6 heteroatoms. The van der Waals surface area contributed by atoms with E-state index < -0.39 is 5.41 Å². The fourth-order valence-electron chi connectivity index (χ4n) is 2.25. The number of carbonyl (C=O) groups is 1. The molecule has 1 fully saturated rings. The van der Waals surface area contributed by atoms with Crippen molar-refractivity contribution in [1.29, 1.82) is 5.26 Å². The number of nitrogens with one attached hydrogen (secondary N) is 1. The first-order chi connectivity index (χ1) is 8.07. The molecule has 1 amide bonds. The van der Waals surface area contributed by atoms with Crippen molar-refractivity contribution < 1.29 is 4.79 Å². The van der Waals surface area contributed by atoms with Crippen LogP contribution in [0.4, 0.5) is 0 Å². The van der Waals surface area contributed by atoms with Gasteiger partial charge in [0.15, 0.2) is 5.82 Å². The Morgan fingerprint density at radius 3 is 2.94 bits per heavy atom. The van der Waals surface area contributed by atoms with Gasteiger partial charge in [-0.1, -0.05) is 6.92 Å². The average Bonchev–Trinajstić information content (AvgIpc) is 2.67. The van der Waals surface area contributed by atoms with Crippen molar-refractivity contribution in [2.45, 2.75) is 26.3 Å². The minimum absolute atomic E-state index is 0.193. The first kappa shape index (κ1) is 11.6. The summed E-state index contributed by atoms with van der Waals surface area (Å²) in [6, 6.07) is 2.13. The minimum atomic E-state index is -0.821. The molecule has 17 heavy (non-hydrogen) atoms. The first-order valence-corrected chi connectivity index (χ1v) is 5.60. The van der Waals surface area contributed by atoms with Crippen LogP contribution in [0.15, 0.2) is 6.33 Å². The van der Waals surface area contributed by atoms with Crippen molar-refractivity contribution in [1.82, 2.24) is 20.1 Å². The van der Waals surface area contributed by atoms with Crippen LogP contribution in [0.25, 0.3) is 0 Å². The molecule has 0 aliphatic heterocycles. The summed E-state index contributed by atoms with van der Waals surface area (Å²) in [5.41, 5.74) is -0.821. The quantitative estimate of drug-likeness (QED) is 0.817. The van der Waals surface area contributed by atoms with E-state index in [1.54, 1.807) is 10.9 Å². The highest BCUT2D eigenvalue weighted by Crippen LogP contribution is 2.45. The topological polar surface area (TPSA) is 83.6 Å². The van der Waals surface area contributed by atoms with Crippen molar-refractivity contribution in [3.8, 4) is 6.07 Å². The van der Waals surface area contributed by atoms with Crippen molar-refractivity contribution >= 4 is 5.91 Å². The van der Waals surface area contributed by atoms with Crippen LogP contribution in [0.1, 0.15) is 25.6 Å². The number of carbonyl (C=O) groups excluding carboxylic acids is 1. The van der Waals surface area contributed by atoms with Crippen LogP contribution in [0.3, 0.4) is 0 Å². The molecule has 0 unspecified atom stereocenters. The van der Waals surface area contributed by atoms with Crippen molar-refractivity contribution in [3.63, 3.8) is 0 Å². The van der Waals surface area contributed by atoms with Gasteiger partial charge in [-0.05, 0) is 18.8 Å². The Morgan fingerprint density at radius 1 is 1.76 bits per heavy atom. The zero-order chi connectivity index (χ0) is 12.5. The van der Waals surface area contributed by atoms with Gasteiger partial charge in [0.1, 0.15) is 11.7 Å². The van der Waals surface area contributed by atoms with Gasteiger partial charge < -0.3 is 9.88 Å². The van der Waals surface area contributed by atoms with Crippen molar-refractivity contribution in [2.24, 2.45) is 18.4 Å². The van der Waals surface area contributed by atoms with E-state index in [0.29, 0.717) is 31.1 Å². The summed E-state index contributed by atoms with van der Waals surface area (Å²) in [6.07, 6.45) is 2.87. The van der Waals surface area contributed by atoms with Gasteiger partial charge in [0.05, 0.1) is 12.6 Å². The van der Waals surface area contributed by atoms with Gasteiger partial charge in [0.2, 0.25) is 5.91 Å². The molecule has 90 valence electrons. The lowest BCUT2D eigenvalue weighted by molar-refractivity contribution is -0.134. The maximum absolute atomic E-state index is 11.9. The van der Waals surface area contributed by atoms with Crippen LogP contribution in [0, 0.1) is 22.7 Å². The number of amides is 1. The maximum Gasteiger partial charge on any atom is 0.240 e. The van der Waals surface area contributed by atoms with Gasteiger partial charge in [0.25, 0.3) is 0 Å². The Hall–Kier alpha value is -1.90. The molecule has 2 rings (SSSR count). The molecule has 0 saturated heterocycles. The highest BCUT2D eigenvalue weighted by molar-refractivity contribution is 5.86. The molecule has 1 saturated carbocycles. The van der Waals surface area contributed by atoms with Crippen LogP contribution < -0.4 is 5.32 Å². The van der Waals surface area contributed by atoms with E-state index in [9.17, 15) is 4.79 Å². The van der Waals surface area contributed by atoms with Crippen molar-refractivity contribution in [3.05, 3.63) is 12.2 Å². The van der Waals surface area contributed by atoms with Gasteiger partial charge in [-0.2, -0.15) is 5.26 Å². The molecule has 0 radical (unpaired) electrons. The lowest BCUT2D eigenvalue weighted by Gasteiger charge is -2.39. The van der Waals surface area contributed by atoms with E-state index in [4.69, 9.17) is 5.26 Å². The highest BCUT2D eigenvalue weighted by Gasteiger charge is 2.48. The predicted molar refractivity (Wildman–Crippen MR) is 59.3 cm³/mol. The smallest absolute Gasteiger partial charge is 0.240 e. The fourth-order valence-corrected chi connectivity index (χ4v) is 2.25. The summed E-state index contributed by atoms with van der Waals surface area (Å²) in [5.74, 6) is 0.940. The van der Waals surface area contributed by atoms with E-state index >= 15 is 0 Å². The summed E-state index contributed by atoms with van der Waals surface area (Å²) >= 11 is 0. The minimum Gasteiger partial charge on any atom is -0.347 e. The standard InChI is InChI=1S/C11H15N5O/c1-8-3-11(4-8,6-12)10(17)13-5-9-15-14-7-16(9)2/h7-8H,3-5H2,1-2H3,(H,13,17). The van der Waals surface area contributed by atoms with Crippen LogP contribution in [0.5, 0.6) is 0 Å². The van der Waals surface area contributed by atoms with Crippen molar-refractivity contribution in [2.75, 3.05) is 0 Å². The largest absolute Gasteiger partial charge is 0.347 e. The average molecular weight is 233 g/mol. The third-order valence-electron chi connectivity index (χ3n) is 3.25. The normalized spacial score (nSPS) is 27.0. The van der Waals surface area contributed by atoms with Gasteiger partial charge >= 0.3 is 0 Å². The van der Waals surface area contributed by atoms with Gasteiger partial charge in [0, 0.05) is 7.05 Å². The molecular weight excluding hydrogens is 218 g/mol. The second-order valence-electron chi connectivity index (χ2n) is 4.75. The number of nitrogens with zero attached hydrogens (tertiary/aromatic N) is 4. The summed E-state index contributed by atoms with van der Waals surface area (Å²) in [7, 11) is 1.81. The Kier molecular flexibility index (Phi) is 2.84. The SMILES string of the molecule is CC1CC(C#N)(C(=O)NCc2nncn2C)C1. The monoisotopic (exact) mass is 233 g/mol. The lowest BCUT2D eigenvalue weighted by Crippen LogP contribution is -2.48. The summed E-state index contributed by atoms with van der Waals surface area (Å²) in [4.78, 5) is 11.9. The summed E-state index contributed by atoms with van der Waals surface area (Å²) in [5, 5.41) is 19.4. The Bertz CT molecular complexity index is 466. The molecule has 6 nitrogen and oxygen atoms in total. The molecule has 0 aromatic carbocycles. The molecule has 1 heterocycles. The first-order valence-electron chi connectivity index (χ1n) is 5.60. The molecule has 1 N–H and O–H groups in total. The predicted octanol–water partition coefficient (Wildman–Crippen LogP) is 0.371. The Balaban J connectivity index is 1.94. The van der Waals surface area contributed by atoms with Crippen LogP contribution in [0.2, 0.25) is 0 Å². The molecule has 1 aliphatic rings. The molecule has 1 aliphatic carbocycles. The van der Waals surface area contributed by atoms with E-state index in [0.717, 1.165) is 0 Å². The van der Waals surface area contributed by atoms with Gasteiger partial charge in [-0.3, -0.25) is 4.79 Å². The second-order valence-corrected chi connectivity index (χ2v) is 4.75. The van der Waals surface area contributed by atoms with E-state index in [2.05, 4.69) is 21.6 Å². The second kappa shape index (κ2) is 4.17. The number of rotatable bonds is 3. The number of nitriles is 1. The number of hydrogen-bond acceptors (Lipinski definition) is 4. The van der Waals surface area contributed by atoms with Crippen LogP contribution in [-0.4, -0.2) is 20.7 Å². The lowest BCUT2D eigenvalue weighted by atomic mass is 9.63. The zero-order valence-electron chi connectivity index (χ0n) is 9.97. The Morgan fingerprint density at radius 2 is 2.47 bits per heavy atom. The van der Waals surface area contributed by atoms with E-state index in [1.807, 2.05) is 14.0 Å². The maximum atomic E-state index is 11.9. The fraction of sp³-hybridized carbons (Fsp3) is 0.636. The highest BCUT2D eigenvalue weighted by atomic mass is 16.2. The molecule has 1 aromatic heterocycles. The van der Waals surface area contributed by atoms with Crippen LogP contribution >= 0.6 is 0 Å². The molecule has 1 aromatic rings. The zero-order valence-corrected chi connectivity index (χ0v) is 9.97. The van der Waals surface area contributed by atoms with E-state index in [1.165, 1.54) is 0 Å². The van der Waals surface area contributed by atoms with Gasteiger partial charge in [-0.15, -0.1) is 10.2 Å². The Labute approximate surface area is 99.6 Å². The third kappa shape index (κ3) is 2.00. The molecule has 0 spiro atoms.